The Bertz CT molecular complexity index is 1200. The molecule has 2 N–H and O–H groups in total. The van der Waals surface area contributed by atoms with Crippen LogP contribution >= 0.6 is 15.9 Å². The molecule has 8 nitrogen and oxygen atoms in total. The van der Waals surface area contributed by atoms with Gasteiger partial charge in [0.1, 0.15) is 12.4 Å². The molecule has 170 valence electrons. The number of carbonyl (C=O) groups is 2. The summed E-state index contributed by atoms with van der Waals surface area (Å²) in [5.41, 5.74) is 4.40. The molecule has 0 atom stereocenters. The van der Waals surface area contributed by atoms with Crippen LogP contribution in [0.25, 0.3) is 0 Å². The van der Waals surface area contributed by atoms with Crippen molar-refractivity contribution >= 4 is 34.0 Å². The Kier molecular flexibility index (Phi) is 8.04. The van der Waals surface area contributed by atoms with Gasteiger partial charge >= 0.3 is 5.97 Å². The number of aromatic carboxylic acids is 1. The van der Waals surface area contributed by atoms with Crippen molar-refractivity contribution in [2.45, 2.75) is 6.61 Å². The number of hydrogen-bond donors (Lipinski definition) is 2. The highest BCUT2D eigenvalue weighted by Crippen LogP contribution is 2.28. The average molecular weight is 513 g/mol. The zero-order chi connectivity index (χ0) is 23.8. The molecule has 0 aromatic heterocycles. The number of hydrogen-bond acceptors (Lipinski definition) is 6. The Morgan fingerprint density at radius 1 is 1.00 bits per heavy atom. The molecule has 1 amide bonds. The van der Waals surface area contributed by atoms with Crippen molar-refractivity contribution in [2.75, 3.05) is 14.2 Å². The van der Waals surface area contributed by atoms with Gasteiger partial charge in [-0.1, -0.05) is 28.1 Å². The number of amides is 1. The monoisotopic (exact) mass is 512 g/mol. The summed E-state index contributed by atoms with van der Waals surface area (Å²) in [6.07, 6.45) is 1.48. The summed E-state index contributed by atoms with van der Waals surface area (Å²) in [6, 6.07) is 16.8. The maximum Gasteiger partial charge on any atom is 0.335 e. The van der Waals surface area contributed by atoms with E-state index in [9.17, 15) is 9.59 Å². The lowest BCUT2D eigenvalue weighted by atomic mass is 10.1. The van der Waals surface area contributed by atoms with Gasteiger partial charge in [-0.15, -0.1) is 0 Å². The van der Waals surface area contributed by atoms with E-state index in [1.54, 1.807) is 54.6 Å². The zero-order valence-corrected chi connectivity index (χ0v) is 19.5. The molecule has 0 aliphatic rings. The molecule has 0 heterocycles. The normalized spacial score (nSPS) is 10.6. The molecular formula is C24H21BrN2O6. The molecule has 0 bridgehead atoms. The van der Waals surface area contributed by atoms with Gasteiger partial charge in [0.25, 0.3) is 5.91 Å². The second-order valence-electron chi connectivity index (χ2n) is 6.75. The van der Waals surface area contributed by atoms with E-state index in [-0.39, 0.29) is 12.2 Å². The van der Waals surface area contributed by atoms with Crippen LogP contribution in [-0.2, 0) is 6.61 Å². The minimum Gasteiger partial charge on any atom is -0.496 e. The third-order valence-corrected chi connectivity index (χ3v) is 5.04. The maximum atomic E-state index is 12.4. The third-order valence-electron chi connectivity index (χ3n) is 4.54. The van der Waals surface area contributed by atoms with Gasteiger partial charge in [0.2, 0.25) is 0 Å². The molecule has 0 fully saturated rings. The van der Waals surface area contributed by atoms with Gasteiger partial charge in [0.05, 0.1) is 31.6 Å². The fourth-order valence-corrected chi connectivity index (χ4v) is 3.28. The summed E-state index contributed by atoms with van der Waals surface area (Å²) in [6.45, 7) is 0.176. The molecule has 33 heavy (non-hydrogen) atoms. The number of carbonyl (C=O) groups excluding carboxylic acids is 1. The Hall–Kier alpha value is -3.85. The Morgan fingerprint density at radius 3 is 2.48 bits per heavy atom. The van der Waals surface area contributed by atoms with E-state index in [2.05, 4.69) is 26.5 Å². The number of rotatable bonds is 9. The molecule has 3 rings (SSSR count). The minimum absolute atomic E-state index is 0.176. The number of carboxylic acid groups (broad SMARTS) is 1. The lowest BCUT2D eigenvalue weighted by Crippen LogP contribution is -2.18. The van der Waals surface area contributed by atoms with E-state index in [4.69, 9.17) is 19.3 Å². The Labute approximate surface area is 198 Å². The summed E-state index contributed by atoms with van der Waals surface area (Å²) >= 11 is 3.33. The molecule has 0 saturated heterocycles. The maximum absolute atomic E-state index is 12.4. The molecule has 9 heteroatoms. The number of ether oxygens (including phenoxy) is 3. The smallest absolute Gasteiger partial charge is 0.335 e. The van der Waals surface area contributed by atoms with E-state index in [1.165, 1.54) is 26.5 Å². The van der Waals surface area contributed by atoms with Crippen molar-refractivity contribution in [2.24, 2.45) is 5.10 Å². The molecule has 3 aromatic rings. The van der Waals surface area contributed by atoms with Crippen LogP contribution in [0.3, 0.4) is 0 Å². The lowest BCUT2D eigenvalue weighted by molar-refractivity contribution is 0.0696. The zero-order valence-electron chi connectivity index (χ0n) is 17.9. The van der Waals surface area contributed by atoms with Crippen molar-refractivity contribution in [3.8, 4) is 17.2 Å². The number of hydrazone groups is 1. The fraction of sp³-hybridized carbons (Fsp3) is 0.125. The first kappa shape index (κ1) is 23.8. The number of nitrogens with zero attached hydrogens (tertiary/aromatic N) is 1. The molecule has 0 radical (unpaired) electrons. The van der Waals surface area contributed by atoms with Crippen molar-refractivity contribution in [1.82, 2.24) is 5.43 Å². The quantitative estimate of drug-likeness (QED) is 0.322. The summed E-state index contributed by atoms with van der Waals surface area (Å²) in [4.78, 5) is 23.5. The van der Waals surface area contributed by atoms with Crippen LogP contribution in [0.1, 0.15) is 31.8 Å². The number of halogens is 1. The van der Waals surface area contributed by atoms with E-state index < -0.39 is 11.9 Å². The highest BCUT2D eigenvalue weighted by atomic mass is 79.9. The molecule has 0 unspecified atom stereocenters. The second kappa shape index (κ2) is 11.1. The van der Waals surface area contributed by atoms with Gasteiger partial charge in [-0.3, -0.25) is 4.79 Å². The predicted octanol–water partition coefficient (Wildman–Crippen LogP) is 4.51. The van der Waals surface area contributed by atoms with E-state index in [0.717, 1.165) is 4.47 Å². The molecule has 3 aromatic carbocycles. The largest absolute Gasteiger partial charge is 0.496 e. The molecular weight excluding hydrogens is 492 g/mol. The summed E-state index contributed by atoms with van der Waals surface area (Å²) in [5.74, 6) is -0.0296. The third kappa shape index (κ3) is 6.33. The van der Waals surface area contributed by atoms with Crippen LogP contribution in [-0.4, -0.2) is 37.4 Å². The average Bonchev–Trinajstić information content (AvgIpc) is 2.83. The number of benzene rings is 3. The van der Waals surface area contributed by atoms with Crippen LogP contribution in [0.4, 0.5) is 0 Å². The van der Waals surface area contributed by atoms with Crippen LogP contribution in [0, 0.1) is 0 Å². The van der Waals surface area contributed by atoms with Crippen LogP contribution in [0.5, 0.6) is 17.2 Å². The first-order valence-electron chi connectivity index (χ1n) is 9.71. The van der Waals surface area contributed by atoms with E-state index in [0.29, 0.717) is 33.9 Å². The fourth-order valence-electron chi connectivity index (χ4n) is 2.92. The highest BCUT2D eigenvalue weighted by Gasteiger charge is 2.12. The topological polar surface area (TPSA) is 106 Å². The number of nitrogens with one attached hydrogen (secondary N) is 1. The van der Waals surface area contributed by atoms with E-state index >= 15 is 0 Å². The van der Waals surface area contributed by atoms with Crippen molar-refractivity contribution in [3.63, 3.8) is 0 Å². The number of methoxy groups -OCH3 is 2. The summed E-state index contributed by atoms with van der Waals surface area (Å²) in [7, 11) is 3.00. The standard InChI is InChI=1S/C24H21BrN2O6/c1-31-20-9-7-18(25)12-19(20)23(28)27-26-13-15-6-8-21(22(11-15)32-2)33-14-16-4-3-5-17(10-16)24(29)30/h3-13H,14H2,1-2H3,(H,27,28)(H,29,30)/b26-13-. The summed E-state index contributed by atoms with van der Waals surface area (Å²) in [5, 5.41) is 13.1. The molecule has 0 aliphatic carbocycles. The van der Waals surface area contributed by atoms with Gasteiger partial charge in [-0.05, 0) is 59.7 Å². The van der Waals surface area contributed by atoms with Crippen molar-refractivity contribution in [3.05, 3.63) is 87.4 Å². The van der Waals surface area contributed by atoms with Crippen LogP contribution in [0.2, 0.25) is 0 Å². The molecule has 0 saturated carbocycles. The van der Waals surface area contributed by atoms with Crippen LogP contribution in [0.15, 0.2) is 70.2 Å². The first-order chi connectivity index (χ1) is 15.9. The first-order valence-corrected chi connectivity index (χ1v) is 10.5. The highest BCUT2D eigenvalue weighted by molar-refractivity contribution is 9.10. The molecule has 0 spiro atoms. The molecule has 0 aliphatic heterocycles. The second-order valence-corrected chi connectivity index (χ2v) is 7.66. The predicted molar refractivity (Wildman–Crippen MR) is 126 cm³/mol. The van der Waals surface area contributed by atoms with Crippen molar-refractivity contribution in [1.29, 1.82) is 0 Å². The lowest BCUT2D eigenvalue weighted by Gasteiger charge is -2.11. The van der Waals surface area contributed by atoms with E-state index in [1.807, 2.05) is 0 Å². The number of carboxylic acids is 1. The van der Waals surface area contributed by atoms with Gasteiger partial charge < -0.3 is 19.3 Å². The van der Waals surface area contributed by atoms with Gasteiger partial charge in [0, 0.05) is 4.47 Å². The van der Waals surface area contributed by atoms with Gasteiger partial charge in [0.15, 0.2) is 11.5 Å². The SMILES string of the molecule is COc1cc(/C=N\NC(=O)c2cc(Br)ccc2OC)ccc1OCc1cccc(C(=O)O)c1. The van der Waals surface area contributed by atoms with Gasteiger partial charge in [-0.25, -0.2) is 10.2 Å². The minimum atomic E-state index is -0.997. The summed E-state index contributed by atoms with van der Waals surface area (Å²) < 4.78 is 17.1. The van der Waals surface area contributed by atoms with Crippen molar-refractivity contribution < 1.29 is 28.9 Å². The van der Waals surface area contributed by atoms with Gasteiger partial charge in [-0.2, -0.15) is 5.10 Å². The Morgan fingerprint density at radius 2 is 1.76 bits per heavy atom. The van der Waals surface area contributed by atoms with Crippen LogP contribution < -0.4 is 19.6 Å². The Balaban J connectivity index is 1.66.